The summed E-state index contributed by atoms with van der Waals surface area (Å²) >= 11 is 0. The fourth-order valence-electron chi connectivity index (χ4n) is 1.49. The van der Waals surface area contributed by atoms with Crippen molar-refractivity contribution in [2.45, 2.75) is 12.6 Å². The Labute approximate surface area is 143 Å². The van der Waals surface area contributed by atoms with E-state index in [9.17, 15) is 13.2 Å². The number of hydrogen-bond donors (Lipinski definition) is 4. The smallest absolute Gasteiger partial charge is 0.388 e. The third kappa shape index (κ3) is 10.7. The number of nitrogens with one attached hydrogen (secondary N) is 2. The Morgan fingerprint density at radius 1 is 1.42 bits per heavy atom. The molecule has 0 radical (unpaired) electrons. The van der Waals surface area contributed by atoms with Gasteiger partial charge in [0.2, 0.25) is 0 Å². The quantitative estimate of drug-likeness (QED) is 0.279. The predicted octanol–water partition coefficient (Wildman–Crippen LogP) is 0.403. The minimum absolute atomic E-state index is 0. The van der Waals surface area contributed by atoms with Crippen LogP contribution < -0.4 is 16.8 Å². The van der Waals surface area contributed by atoms with Crippen molar-refractivity contribution in [3.8, 4) is 0 Å². The molecule has 1 aliphatic heterocycles. The molecule has 0 bridgehead atoms. The lowest BCUT2D eigenvalue weighted by atomic mass is 10.4. The van der Waals surface area contributed by atoms with E-state index in [4.69, 9.17) is 21.6 Å². The summed E-state index contributed by atoms with van der Waals surface area (Å²) in [5, 5.41) is 9.53. The van der Waals surface area contributed by atoms with Gasteiger partial charge < -0.3 is 26.4 Å². The second kappa shape index (κ2) is 10.7. The highest BCUT2D eigenvalue weighted by molar-refractivity contribution is 5.85. The number of nitrogens with zero attached hydrogens (tertiary/aromatic N) is 3. The molecule has 0 spiro atoms. The van der Waals surface area contributed by atoms with Crippen LogP contribution in [0.5, 0.6) is 0 Å². The second-order valence-electron chi connectivity index (χ2n) is 4.66. The number of rotatable bonds is 8. The van der Waals surface area contributed by atoms with E-state index >= 15 is 0 Å². The summed E-state index contributed by atoms with van der Waals surface area (Å²) in [7, 11) is 0. The molecule has 0 amide bonds. The normalized spacial score (nSPS) is 14.9. The van der Waals surface area contributed by atoms with Crippen molar-refractivity contribution in [2.24, 2.45) is 21.5 Å². The van der Waals surface area contributed by atoms with Crippen molar-refractivity contribution >= 4 is 30.5 Å². The summed E-state index contributed by atoms with van der Waals surface area (Å²) in [6.07, 6.45) is -0.798. The number of ether oxygens (including phenoxy) is 1. The number of amidine groups is 1. The van der Waals surface area contributed by atoms with Crippen LogP contribution in [0.15, 0.2) is 21.9 Å². The summed E-state index contributed by atoms with van der Waals surface area (Å²) in [4.78, 5) is 9.05. The largest absolute Gasteiger partial charge is 0.408 e. The van der Waals surface area contributed by atoms with Gasteiger partial charge in [-0.2, -0.15) is 13.2 Å². The molecular formula is C12H21ClF3N7O. The molecule has 0 atom stereocenters. The summed E-state index contributed by atoms with van der Waals surface area (Å²) in [5.74, 6) is 0.0712. The van der Waals surface area contributed by atoms with Gasteiger partial charge in [0, 0.05) is 19.5 Å². The zero-order valence-corrected chi connectivity index (χ0v) is 13.7. The second-order valence-corrected chi connectivity index (χ2v) is 4.66. The number of halogens is 4. The highest BCUT2D eigenvalue weighted by atomic mass is 35.5. The molecule has 1 aliphatic rings. The van der Waals surface area contributed by atoms with Gasteiger partial charge in [-0.15, -0.1) is 12.4 Å². The number of alkyl halides is 3. The number of nitrogens with two attached hydrogens (primary N) is 2. The SMILES string of the molecule is Cl.N=C(N)CCOCCN1C=NC(NC(N)=NCC(F)(F)F)=CC1. The first kappa shape index (κ1) is 22.0. The zero-order chi connectivity index (χ0) is 17.3. The highest BCUT2D eigenvalue weighted by Gasteiger charge is 2.26. The van der Waals surface area contributed by atoms with Gasteiger partial charge in [-0.1, -0.05) is 0 Å². The summed E-state index contributed by atoms with van der Waals surface area (Å²) < 4.78 is 41.3. The van der Waals surface area contributed by atoms with Crippen molar-refractivity contribution in [1.82, 2.24) is 10.2 Å². The third-order valence-corrected chi connectivity index (χ3v) is 2.60. The van der Waals surface area contributed by atoms with Gasteiger partial charge in [-0.3, -0.25) is 5.41 Å². The minimum atomic E-state index is -4.39. The predicted molar refractivity (Wildman–Crippen MR) is 88.4 cm³/mol. The molecule has 0 saturated heterocycles. The molecule has 1 heterocycles. The van der Waals surface area contributed by atoms with E-state index in [-0.39, 0.29) is 24.2 Å². The molecule has 1 rings (SSSR count). The van der Waals surface area contributed by atoms with Crippen molar-refractivity contribution in [2.75, 3.05) is 32.8 Å². The first-order valence-electron chi connectivity index (χ1n) is 6.79. The maximum atomic E-state index is 12.0. The van der Waals surface area contributed by atoms with Crippen LogP contribution in [0.1, 0.15) is 6.42 Å². The molecule has 0 saturated carbocycles. The molecule has 12 heteroatoms. The van der Waals surface area contributed by atoms with Gasteiger partial charge in [-0.05, 0) is 6.08 Å². The lowest BCUT2D eigenvalue weighted by Crippen LogP contribution is -2.35. The summed E-state index contributed by atoms with van der Waals surface area (Å²) in [5.41, 5.74) is 10.5. The van der Waals surface area contributed by atoms with Crippen molar-refractivity contribution in [3.05, 3.63) is 11.9 Å². The number of guanidine groups is 1. The van der Waals surface area contributed by atoms with E-state index in [1.54, 1.807) is 6.08 Å². The fourth-order valence-corrected chi connectivity index (χ4v) is 1.49. The molecule has 24 heavy (non-hydrogen) atoms. The molecule has 8 nitrogen and oxygen atoms in total. The molecule has 0 aromatic rings. The summed E-state index contributed by atoms with van der Waals surface area (Å²) in [6, 6.07) is 0. The van der Waals surface area contributed by atoms with Crippen LogP contribution in [0.3, 0.4) is 0 Å². The van der Waals surface area contributed by atoms with Crippen LogP contribution in [-0.2, 0) is 4.74 Å². The van der Waals surface area contributed by atoms with Crippen LogP contribution >= 0.6 is 12.4 Å². The van der Waals surface area contributed by atoms with E-state index in [0.29, 0.717) is 38.5 Å². The average Bonchev–Trinajstić information content (AvgIpc) is 2.45. The number of aliphatic imine (C=N–C) groups is 2. The van der Waals surface area contributed by atoms with Gasteiger partial charge in [-0.25, -0.2) is 9.98 Å². The first-order valence-corrected chi connectivity index (χ1v) is 6.79. The Balaban J connectivity index is 0.00000529. The fraction of sp³-hybridized carbons (Fsp3) is 0.583. The van der Waals surface area contributed by atoms with Crippen LogP contribution in [0.2, 0.25) is 0 Å². The molecule has 0 aliphatic carbocycles. The van der Waals surface area contributed by atoms with E-state index < -0.39 is 12.7 Å². The van der Waals surface area contributed by atoms with Gasteiger partial charge in [0.25, 0.3) is 0 Å². The average molecular weight is 372 g/mol. The maximum absolute atomic E-state index is 12.0. The molecule has 0 fully saturated rings. The van der Waals surface area contributed by atoms with Crippen LogP contribution in [0.25, 0.3) is 0 Å². The van der Waals surface area contributed by atoms with Crippen molar-refractivity contribution in [3.63, 3.8) is 0 Å². The van der Waals surface area contributed by atoms with E-state index in [1.807, 2.05) is 4.90 Å². The van der Waals surface area contributed by atoms with Gasteiger partial charge in [0.1, 0.15) is 12.4 Å². The first-order chi connectivity index (χ1) is 10.8. The standard InChI is InChI=1S/C12H20F3N7O.ClH/c13-12(14,15)7-19-11(18)21-10-1-3-22(8-20-10)4-6-23-5-2-9(16)17;/h1,8H,2-7H2,(H3,16,17)(H3,18,19,21);1H. The Bertz CT molecular complexity index is 494. The van der Waals surface area contributed by atoms with Crippen LogP contribution in [0.4, 0.5) is 13.2 Å². The van der Waals surface area contributed by atoms with E-state index in [1.165, 1.54) is 6.34 Å². The monoisotopic (exact) mass is 371 g/mol. The lowest BCUT2D eigenvalue weighted by Gasteiger charge is -2.21. The minimum Gasteiger partial charge on any atom is -0.388 e. The van der Waals surface area contributed by atoms with Crippen LogP contribution in [0, 0.1) is 5.41 Å². The molecule has 6 N–H and O–H groups in total. The molecule has 0 aromatic heterocycles. The Morgan fingerprint density at radius 2 is 2.12 bits per heavy atom. The molecule has 138 valence electrons. The van der Waals surface area contributed by atoms with Gasteiger partial charge in [0.05, 0.1) is 25.4 Å². The third-order valence-electron chi connectivity index (χ3n) is 2.60. The Kier molecular flexibility index (Phi) is 9.81. The van der Waals surface area contributed by atoms with E-state index in [0.717, 1.165) is 0 Å². The van der Waals surface area contributed by atoms with Crippen molar-refractivity contribution < 1.29 is 17.9 Å². The molecular weight excluding hydrogens is 351 g/mol. The maximum Gasteiger partial charge on any atom is 0.408 e. The molecule has 0 aromatic carbocycles. The highest BCUT2D eigenvalue weighted by Crippen LogP contribution is 2.14. The molecule has 0 unspecified atom stereocenters. The topological polar surface area (TPSA) is 125 Å². The van der Waals surface area contributed by atoms with Crippen LogP contribution in [-0.4, -0.2) is 62.1 Å². The van der Waals surface area contributed by atoms with Gasteiger partial charge >= 0.3 is 6.18 Å². The zero-order valence-electron chi connectivity index (χ0n) is 12.8. The lowest BCUT2D eigenvalue weighted by molar-refractivity contribution is -0.118. The number of hydrogen-bond acceptors (Lipinski definition) is 5. The van der Waals surface area contributed by atoms with Crippen molar-refractivity contribution in [1.29, 1.82) is 5.41 Å². The Hall–Kier alpha value is -2.01. The Morgan fingerprint density at radius 3 is 2.67 bits per heavy atom. The summed E-state index contributed by atoms with van der Waals surface area (Å²) in [6.45, 7) is 0.587. The van der Waals surface area contributed by atoms with E-state index in [2.05, 4.69) is 15.3 Å². The van der Waals surface area contributed by atoms with Gasteiger partial charge in [0.15, 0.2) is 5.96 Å².